The van der Waals surface area contributed by atoms with Crippen LogP contribution < -0.4 is 5.73 Å². The molecule has 0 saturated carbocycles. The molecule has 0 fully saturated rings. The molecule has 108 valence electrons. The van der Waals surface area contributed by atoms with Crippen LogP contribution in [0.5, 0.6) is 0 Å². The number of imidazole rings is 1. The van der Waals surface area contributed by atoms with Crippen molar-refractivity contribution in [2.24, 2.45) is 12.8 Å². The minimum atomic E-state index is 0.181. The lowest BCUT2D eigenvalue weighted by Gasteiger charge is -2.15. The number of fused-ring (bicyclic) bond motifs is 1. The Morgan fingerprint density at radius 3 is 2.71 bits per heavy atom. The van der Waals surface area contributed by atoms with Crippen LogP contribution in [0.3, 0.4) is 0 Å². The fraction of sp³-hybridized carbons (Fsp3) is 0.235. The second-order valence-electron chi connectivity index (χ2n) is 5.28. The average molecular weight is 300 g/mol. The Morgan fingerprint density at radius 2 is 2.00 bits per heavy atom. The van der Waals surface area contributed by atoms with Gasteiger partial charge in [0.1, 0.15) is 5.82 Å². The fourth-order valence-electron chi connectivity index (χ4n) is 2.76. The van der Waals surface area contributed by atoms with E-state index in [1.807, 2.05) is 43.4 Å². The maximum Gasteiger partial charge on any atom is 0.114 e. The summed E-state index contributed by atoms with van der Waals surface area (Å²) in [6, 6.07) is 16.1. The van der Waals surface area contributed by atoms with Crippen LogP contribution in [0.1, 0.15) is 17.3 Å². The summed E-state index contributed by atoms with van der Waals surface area (Å²) < 4.78 is 2.14. The fourth-order valence-corrected chi connectivity index (χ4v) is 2.97. The average Bonchev–Trinajstić information content (AvgIpc) is 2.82. The number of aromatic nitrogens is 2. The summed E-state index contributed by atoms with van der Waals surface area (Å²) >= 11 is 6.06. The Labute approximate surface area is 129 Å². The molecule has 1 atom stereocenters. The van der Waals surface area contributed by atoms with Gasteiger partial charge in [0.2, 0.25) is 0 Å². The van der Waals surface area contributed by atoms with Gasteiger partial charge < -0.3 is 10.3 Å². The van der Waals surface area contributed by atoms with Crippen molar-refractivity contribution in [1.82, 2.24) is 9.55 Å². The zero-order chi connectivity index (χ0) is 14.8. The Kier molecular flexibility index (Phi) is 3.95. The first-order valence-corrected chi connectivity index (χ1v) is 7.42. The molecule has 2 N–H and O–H groups in total. The third-order valence-electron chi connectivity index (χ3n) is 3.84. The van der Waals surface area contributed by atoms with Gasteiger partial charge in [-0.2, -0.15) is 0 Å². The van der Waals surface area contributed by atoms with Crippen LogP contribution in [0, 0.1) is 0 Å². The predicted octanol–water partition coefficient (Wildman–Crippen LogP) is 3.51. The monoisotopic (exact) mass is 299 g/mol. The summed E-state index contributed by atoms with van der Waals surface area (Å²) in [6.45, 7) is 0.559. The topological polar surface area (TPSA) is 43.8 Å². The first-order valence-electron chi connectivity index (χ1n) is 7.05. The van der Waals surface area contributed by atoms with E-state index in [1.165, 1.54) is 5.56 Å². The second kappa shape index (κ2) is 5.88. The summed E-state index contributed by atoms with van der Waals surface area (Å²) in [6.07, 6.45) is 0.841. The molecule has 0 spiro atoms. The van der Waals surface area contributed by atoms with Crippen LogP contribution in [0.25, 0.3) is 11.0 Å². The van der Waals surface area contributed by atoms with Crippen LogP contribution in [-0.4, -0.2) is 16.1 Å². The van der Waals surface area contributed by atoms with Crippen LogP contribution in [0.15, 0.2) is 48.5 Å². The van der Waals surface area contributed by atoms with Crippen molar-refractivity contribution in [2.45, 2.75) is 12.3 Å². The third kappa shape index (κ3) is 2.80. The van der Waals surface area contributed by atoms with Gasteiger partial charge in [-0.3, -0.25) is 0 Å². The lowest BCUT2D eigenvalue weighted by molar-refractivity contribution is 0.623. The van der Waals surface area contributed by atoms with E-state index in [9.17, 15) is 0 Å². The van der Waals surface area contributed by atoms with E-state index in [4.69, 9.17) is 22.3 Å². The molecule has 0 aliphatic carbocycles. The molecule has 3 aromatic rings. The van der Waals surface area contributed by atoms with Gasteiger partial charge in [-0.15, -0.1) is 0 Å². The molecule has 0 radical (unpaired) electrons. The molecule has 0 aliphatic rings. The first kappa shape index (κ1) is 14.1. The molecule has 0 saturated heterocycles. The predicted molar refractivity (Wildman–Crippen MR) is 87.7 cm³/mol. The number of nitrogens with zero attached hydrogens (tertiary/aromatic N) is 2. The van der Waals surface area contributed by atoms with Crippen molar-refractivity contribution in [2.75, 3.05) is 6.54 Å². The lowest BCUT2D eigenvalue weighted by atomic mass is 9.98. The van der Waals surface area contributed by atoms with Gasteiger partial charge in [-0.05, 0) is 36.2 Å². The van der Waals surface area contributed by atoms with Crippen molar-refractivity contribution < 1.29 is 0 Å². The molecule has 0 aliphatic heterocycles. The Morgan fingerprint density at radius 1 is 1.19 bits per heavy atom. The molecule has 3 nitrogen and oxygen atoms in total. The van der Waals surface area contributed by atoms with Crippen molar-refractivity contribution in [3.8, 4) is 0 Å². The minimum absolute atomic E-state index is 0.181. The molecule has 2 aromatic carbocycles. The first-order chi connectivity index (χ1) is 10.2. The number of halogens is 1. The number of nitrogens with two attached hydrogens (primary N) is 1. The molecule has 0 bridgehead atoms. The summed E-state index contributed by atoms with van der Waals surface area (Å²) in [5, 5.41) is 0.758. The summed E-state index contributed by atoms with van der Waals surface area (Å²) in [5.74, 6) is 1.21. The molecule has 21 heavy (non-hydrogen) atoms. The highest BCUT2D eigenvalue weighted by atomic mass is 35.5. The number of hydrogen-bond donors (Lipinski definition) is 1. The highest BCUT2D eigenvalue weighted by molar-refractivity contribution is 6.30. The SMILES string of the molecule is Cn1c(C(CN)Cc2cccc(Cl)c2)nc2ccccc21. The Hall–Kier alpha value is -1.84. The summed E-state index contributed by atoms with van der Waals surface area (Å²) in [5.41, 5.74) is 9.33. The van der Waals surface area contributed by atoms with Crippen LogP contribution in [0.2, 0.25) is 5.02 Å². The molecular formula is C17H18ClN3. The van der Waals surface area contributed by atoms with Crippen LogP contribution in [0.4, 0.5) is 0 Å². The number of para-hydroxylation sites is 2. The minimum Gasteiger partial charge on any atom is -0.331 e. The van der Waals surface area contributed by atoms with E-state index in [1.54, 1.807) is 0 Å². The van der Waals surface area contributed by atoms with E-state index < -0.39 is 0 Å². The molecule has 1 aromatic heterocycles. The van der Waals surface area contributed by atoms with E-state index in [-0.39, 0.29) is 5.92 Å². The van der Waals surface area contributed by atoms with Crippen molar-refractivity contribution in [1.29, 1.82) is 0 Å². The lowest BCUT2D eigenvalue weighted by Crippen LogP contribution is -2.18. The van der Waals surface area contributed by atoms with Crippen molar-refractivity contribution in [3.63, 3.8) is 0 Å². The van der Waals surface area contributed by atoms with Gasteiger partial charge in [0.15, 0.2) is 0 Å². The normalized spacial score (nSPS) is 12.7. The van der Waals surface area contributed by atoms with Gasteiger partial charge in [0.05, 0.1) is 11.0 Å². The molecule has 0 amide bonds. The molecular weight excluding hydrogens is 282 g/mol. The molecule has 1 heterocycles. The quantitative estimate of drug-likeness (QED) is 0.801. The van der Waals surface area contributed by atoms with Crippen LogP contribution in [-0.2, 0) is 13.5 Å². The van der Waals surface area contributed by atoms with Crippen molar-refractivity contribution >= 4 is 22.6 Å². The molecule has 3 rings (SSSR count). The summed E-state index contributed by atoms with van der Waals surface area (Å²) in [7, 11) is 2.05. The van der Waals surface area contributed by atoms with E-state index >= 15 is 0 Å². The molecule has 4 heteroatoms. The maximum absolute atomic E-state index is 6.06. The number of rotatable bonds is 4. The Balaban J connectivity index is 1.96. The zero-order valence-corrected chi connectivity index (χ0v) is 12.7. The zero-order valence-electron chi connectivity index (χ0n) is 12.0. The van der Waals surface area contributed by atoms with E-state index in [2.05, 4.69) is 16.7 Å². The van der Waals surface area contributed by atoms with Gasteiger partial charge >= 0.3 is 0 Å². The summed E-state index contributed by atoms with van der Waals surface area (Å²) in [4.78, 5) is 4.75. The van der Waals surface area contributed by atoms with Crippen molar-refractivity contribution in [3.05, 3.63) is 64.9 Å². The van der Waals surface area contributed by atoms with E-state index in [0.29, 0.717) is 6.54 Å². The molecule has 1 unspecified atom stereocenters. The largest absolute Gasteiger partial charge is 0.331 e. The highest BCUT2D eigenvalue weighted by Gasteiger charge is 2.18. The van der Waals surface area contributed by atoms with Gasteiger partial charge in [0, 0.05) is 24.5 Å². The van der Waals surface area contributed by atoms with Gasteiger partial charge in [-0.25, -0.2) is 4.98 Å². The highest BCUT2D eigenvalue weighted by Crippen LogP contribution is 2.24. The second-order valence-corrected chi connectivity index (χ2v) is 5.72. The Bertz CT molecular complexity index is 764. The van der Waals surface area contributed by atoms with Gasteiger partial charge in [-0.1, -0.05) is 35.9 Å². The number of aryl methyl sites for hydroxylation is 1. The van der Waals surface area contributed by atoms with E-state index in [0.717, 1.165) is 28.3 Å². The standard InChI is InChI=1S/C17H18ClN3/c1-21-16-8-3-2-7-15(16)20-17(21)13(11-19)9-12-5-4-6-14(18)10-12/h2-8,10,13H,9,11,19H2,1H3. The smallest absolute Gasteiger partial charge is 0.114 e. The van der Waals surface area contributed by atoms with Crippen LogP contribution >= 0.6 is 11.6 Å². The number of hydrogen-bond acceptors (Lipinski definition) is 2. The number of benzene rings is 2. The van der Waals surface area contributed by atoms with Gasteiger partial charge in [0.25, 0.3) is 0 Å². The third-order valence-corrected chi connectivity index (χ3v) is 4.08. The maximum atomic E-state index is 6.06.